The summed E-state index contributed by atoms with van der Waals surface area (Å²) < 4.78 is 12.9. The lowest BCUT2D eigenvalue weighted by atomic mass is 9.68. The van der Waals surface area contributed by atoms with E-state index in [1.165, 1.54) is 63.4 Å². The molecule has 0 bridgehead atoms. The van der Waals surface area contributed by atoms with Crippen LogP contribution in [0.1, 0.15) is 99.6 Å². The van der Waals surface area contributed by atoms with Gasteiger partial charge in [0.2, 0.25) is 0 Å². The van der Waals surface area contributed by atoms with E-state index in [0.29, 0.717) is 18.0 Å². The van der Waals surface area contributed by atoms with Gasteiger partial charge in [-0.3, -0.25) is 4.79 Å². The predicted octanol–water partition coefficient (Wildman–Crippen LogP) is 8.43. The van der Waals surface area contributed by atoms with E-state index in [0.717, 1.165) is 50.1 Å². The fourth-order valence-corrected chi connectivity index (χ4v) is 8.23. The molecule has 6 nitrogen and oxygen atoms in total. The van der Waals surface area contributed by atoms with E-state index in [2.05, 4.69) is 54.2 Å². The maximum atomic E-state index is 13.6. The lowest BCUT2D eigenvalue weighted by Gasteiger charge is -2.47. The summed E-state index contributed by atoms with van der Waals surface area (Å²) in [7, 11) is 1.34. The third-order valence-electron chi connectivity index (χ3n) is 9.24. The molecule has 226 valence electrons. The number of esters is 1. The van der Waals surface area contributed by atoms with E-state index in [1.807, 2.05) is 24.3 Å². The highest BCUT2D eigenvalue weighted by atomic mass is 79.9. The molecule has 42 heavy (non-hydrogen) atoms. The number of thiophene rings is 1. The number of carbonyl (C=O) groups excluding carboxylic acids is 2. The normalized spacial score (nSPS) is 18.1. The fourth-order valence-electron chi connectivity index (χ4n) is 6.70. The number of fused-ring (bicyclic) bond motifs is 1. The van der Waals surface area contributed by atoms with Gasteiger partial charge in [-0.2, -0.15) is 0 Å². The Bertz CT molecular complexity index is 1420. The Balaban J connectivity index is 1.46. The zero-order valence-electron chi connectivity index (χ0n) is 25.3. The Hall–Kier alpha value is -2.45. The Morgan fingerprint density at radius 2 is 1.81 bits per heavy atom. The minimum atomic E-state index is -0.802. The molecule has 2 aliphatic rings. The number of benzene rings is 1. The number of nitrogens with one attached hydrogen (secondary N) is 1. The zero-order chi connectivity index (χ0) is 29.9. The van der Waals surface area contributed by atoms with Crippen molar-refractivity contribution in [1.29, 1.82) is 0 Å². The molecule has 0 unspecified atom stereocenters. The molecule has 0 saturated heterocycles. The molecule has 0 radical (unpaired) electrons. The molecule has 1 aromatic carbocycles. The second-order valence-electron chi connectivity index (χ2n) is 13.1. The van der Waals surface area contributed by atoms with Crippen molar-refractivity contribution in [1.82, 2.24) is 10.3 Å². The van der Waals surface area contributed by atoms with Gasteiger partial charge in [-0.05, 0) is 89.7 Å². The van der Waals surface area contributed by atoms with E-state index in [9.17, 15) is 9.59 Å². The second kappa shape index (κ2) is 13.0. The van der Waals surface area contributed by atoms with Crippen LogP contribution < -0.4 is 10.1 Å². The topological polar surface area (TPSA) is 77.5 Å². The standard InChI is InChI=1S/C34H43BrN2O4S/c1-33(2,3)34(16-8-5-9-17-34)41-24-13-12-23-19-28(36-27(26(23)20-24)18-22-10-6-7-11-22)31(38)37-29(32(39)40-4)21-25-14-15-30(35)42-25/h12-15,19-20,22,29H,5-11,16-18,21H2,1-4H3,(H,37,38)/t29-/m0/s1. The Morgan fingerprint density at radius 3 is 2.45 bits per heavy atom. The number of halogens is 1. The van der Waals surface area contributed by atoms with Crippen molar-refractivity contribution >= 4 is 49.9 Å². The zero-order valence-corrected chi connectivity index (χ0v) is 27.7. The molecule has 2 aliphatic carbocycles. The summed E-state index contributed by atoms with van der Waals surface area (Å²) in [5.41, 5.74) is 1.08. The Morgan fingerprint density at radius 1 is 1.07 bits per heavy atom. The second-order valence-corrected chi connectivity index (χ2v) is 15.6. The van der Waals surface area contributed by atoms with Gasteiger partial charge in [0.15, 0.2) is 0 Å². The monoisotopic (exact) mass is 654 g/mol. The summed E-state index contributed by atoms with van der Waals surface area (Å²) in [6.45, 7) is 6.86. The van der Waals surface area contributed by atoms with E-state index in [4.69, 9.17) is 14.5 Å². The maximum Gasteiger partial charge on any atom is 0.328 e. The van der Waals surface area contributed by atoms with Crippen molar-refractivity contribution in [3.05, 3.63) is 56.4 Å². The number of nitrogens with zero attached hydrogens (tertiary/aromatic N) is 1. The Kier molecular flexibility index (Phi) is 9.63. The van der Waals surface area contributed by atoms with Gasteiger partial charge in [-0.25, -0.2) is 9.78 Å². The lowest BCUT2D eigenvalue weighted by molar-refractivity contribution is -0.142. The van der Waals surface area contributed by atoms with E-state index in [-0.39, 0.29) is 16.9 Å². The number of ether oxygens (including phenoxy) is 2. The molecule has 2 aromatic heterocycles. The highest BCUT2D eigenvalue weighted by Crippen LogP contribution is 2.45. The number of amides is 1. The molecule has 3 aromatic rings. The van der Waals surface area contributed by atoms with Gasteiger partial charge in [0, 0.05) is 27.8 Å². The van der Waals surface area contributed by atoms with Crippen molar-refractivity contribution in [2.75, 3.05) is 7.11 Å². The van der Waals surface area contributed by atoms with Crippen molar-refractivity contribution in [2.24, 2.45) is 11.3 Å². The van der Waals surface area contributed by atoms with E-state index in [1.54, 1.807) is 0 Å². The largest absolute Gasteiger partial charge is 0.487 e. The SMILES string of the molecule is COC(=O)[C@H](Cc1ccc(Br)s1)NC(=O)c1cc2ccc(OC3(C(C)(C)C)CCCCC3)cc2c(CC2CCCC2)n1. The number of rotatable bonds is 9. The van der Waals surface area contributed by atoms with Gasteiger partial charge in [0.25, 0.3) is 5.91 Å². The highest BCUT2D eigenvalue weighted by Gasteiger charge is 2.45. The summed E-state index contributed by atoms with van der Waals surface area (Å²) in [6, 6.07) is 11.2. The number of hydrogen-bond donors (Lipinski definition) is 1. The van der Waals surface area contributed by atoms with Crippen molar-refractivity contribution < 1.29 is 19.1 Å². The average Bonchev–Trinajstić information content (AvgIpc) is 3.63. The summed E-state index contributed by atoms with van der Waals surface area (Å²) in [4.78, 5) is 32.1. The van der Waals surface area contributed by atoms with Gasteiger partial charge >= 0.3 is 5.97 Å². The highest BCUT2D eigenvalue weighted by molar-refractivity contribution is 9.11. The Labute approximate surface area is 262 Å². The van der Waals surface area contributed by atoms with Crippen LogP contribution in [0, 0.1) is 11.3 Å². The first-order valence-electron chi connectivity index (χ1n) is 15.3. The quantitative estimate of drug-likeness (QED) is 0.234. The molecule has 2 fully saturated rings. The minimum Gasteiger partial charge on any atom is -0.487 e. The first kappa shape index (κ1) is 31.0. The molecule has 2 heterocycles. The van der Waals surface area contributed by atoms with Gasteiger partial charge < -0.3 is 14.8 Å². The van der Waals surface area contributed by atoms with Gasteiger partial charge in [0.1, 0.15) is 23.1 Å². The summed E-state index contributed by atoms with van der Waals surface area (Å²) in [6.07, 6.45) is 11.8. The smallest absolute Gasteiger partial charge is 0.328 e. The van der Waals surface area contributed by atoms with Crippen LogP contribution in [0.2, 0.25) is 0 Å². The summed E-state index contributed by atoms with van der Waals surface area (Å²) >= 11 is 5.01. The summed E-state index contributed by atoms with van der Waals surface area (Å²) in [5, 5.41) is 4.91. The number of carbonyl (C=O) groups is 2. The van der Waals surface area contributed by atoms with Crippen molar-refractivity contribution in [3.8, 4) is 5.75 Å². The van der Waals surface area contributed by atoms with Crippen LogP contribution in [-0.2, 0) is 22.4 Å². The fraction of sp³-hybridized carbons (Fsp3) is 0.559. The number of aromatic nitrogens is 1. The lowest BCUT2D eigenvalue weighted by Crippen LogP contribution is -2.49. The van der Waals surface area contributed by atoms with Crippen LogP contribution in [0.4, 0.5) is 0 Å². The third kappa shape index (κ3) is 7.02. The molecule has 1 amide bonds. The van der Waals surface area contributed by atoms with Crippen LogP contribution in [0.15, 0.2) is 40.2 Å². The van der Waals surface area contributed by atoms with Crippen LogP contribution in [0.5, 0.6) is 5.75 Å². The molecule has 2 saturated carbocycles. The minimum absolute atomic E-state index is 0.0185. The number of methoxy groups -OCH3 is 1. The van der Waals surface area contributed by atoms with Crippen molar-refractivity contribution in [2.45, 2.75) is 103 Å². The molecule has 5 rings (SSSR count). The third-order valence-corrected chi connectivity index (χ3v) is 10.9. The van der Waals surface area contributed by atoms with Gasteiger partial charge in [-0.1, -0.05) is 58.9 Å². The maximum absolute atomic E-state index is 13.6. The molecule has 0 spiro atoms. The first-order chi connectivity index (χ1) is 20.1. The van der Waals surface area contributed by atoms with Crippen LogP contribution >= 0.6 is 27.3 Å². The van der Waals surface area contributed by atoms with Crippen LogP contribution in [0.3, 0.4) is 0 Å². The van der Waals surface area contributed by atoms with Crippen molar-refractivity contribution in [3.63, 3.8) is 0 Å². The predicted molar refractivity (Wildman–Crippen MR) is 172 cm³/mol. The van der Waals surface area contributed by atoms with E-state index < -0.39 is 12.0 Å². The first-order valence-corrected chi connectivity index (χ1v) is 16.9. The number of hydrogen-bond acceptors (Lipinski definition) is 6. The van der Waals surface area contributed by atoms with E-state index >= 15 is 0 Å². The number of pyridine rings is 1. The van der Waals surface area contributed by atoms with Crippen LogP contribution in [0.25, 0.3) is 10.8 Å². The van der Waals surface area contributed by atoms with Gasteiger partial charge in [-0.15, -0.1) is 11.3 Å². The molecular weight excluding hydrogens is 612 g/mol. The van der Waals surface area contributed by atoms with Crippen LogP contribution in [-0.4, -0.2) is 35.6 Å². The average molecular weight is 656 g/mol. The molecule has 1 atom stereocenters. The molecule has 0 aliphatic heterocycles. The molecule has 1 N–H and O–H groups in total. The van der Waals surface area contributed by atoms with Gasteiger partial charge in [0.05, 0.1) is 10.9 Å². The molecular formula is C34H43BrN2O4S. The molecule has 8 heteroatoms. The summed E-state index contributed by atoms with van der Waals surface area (Å²) in [5.74, 6) is 0.587.